The molecule has 2 aromatic rings. The van der Waals surface area contributed by atoms with E-state index in [4.69, 9.17) is 0 Å². The Balaban J connectivity index is 2.13. The summed E-state index contributed by atoms with van der Waals surface area (Å²) in [4.78, 5) is 22.7. The zero-order valence-corrected chi connectivity index (χ0v) is 13.6. The molecule has 2 aromatic heterocycles. The van der Waals surface area contributed by atoms with Crippen molar-refractivity contribution < 1.29 is 9.72 Å². The first-order valence-corrected chi connectivity index (χ1v) is 7.32. The van der Waals surface area contributed by atoms with Crippen LogP contribution in [-0.2, 0) is 11.8 Å². The Bertz CT molecular complexity index is 720. The Kier molecular flexibility index (Phi) is 4.77. The first kappa shape index (κ1) is 16.7. The highest BCUT2D eigenvalue weighted by molar-refractivity contribution is 5.80. The number of hydrogen-bond donors (Lipinski definition) is 1. The van der Waals surface area contributed by atoms with Gasteiger partial charge in [-0.15, -0.1) is 0 Å². The van der Waals surface area contributed by atoms with Gasteiger partial charge in [-0.2, -0.15) is 10.2 Å². The molecule has 2 rings (SSSR count). The van der Waals surface area contributed by atoms with Crippen LogP contribution in [0, 0.1) is 17.0 Å². The Morgan fingerprint density at radius 1 is 1.43 bits per heavy atom. The average molecular weight is 320 g/mol. The molecular weight excluding hydrogens is 300 g/mol. The zero-order valence-electron chi connectivity index (χ0n) is 13.6. The van der Waals surface area contributed by atoms with E-state index >= 15 is 0 Å². The van der Waals surface area contributed by atoms with Crippen LogP contribution >= 0.6 is 0 Å². The Labute approximate surface area is 133 Å². The van der Waals surface area contributed by atoms with Gasteiger partial charge in [-0.3, -0.25) is 24.3 Å². The molecule has 0 saturated heterocycles. The number of nitrogens with one attached hydrogen (secondary N) is 1. The minimum atomic E-state index is -0.594. The van der Waals surface area contributed by atoms with Crippen LogP contribution in [0.4, 0.5) is 5.69 Å². The lowest BCUT2D eigenvalue weighted by Crippen LogP contribution is -2.34. The van der Waals surface area contributed by atoms with Gasteiger partial charge in [0.2, 0.25) is 5.91 Å². The highest BCUT2D eigenvalue weighted by Gasteiger charge is 2.24. The van der Waals surface area contributed by atoms with Crippen LogP contribution in [0.5, 0.6) is 0 Å². The molecule has 0 aliphatic carbocycles. The van der Waals surface area contributed by atoms with Crippen molar-refractivity contribution in [2.75, 3.05) is 0 Å². The monoisotopic (exact) mass is 320 g/mol. The standard InChI is InChI=1S/C14H20N6O3/c1-5-13(19-8-11(6-16-19)20(22)23)14(21)17-9(2)12-7-15-18(4)10(12)3/h6-9,13H,5H2,1-4H3,(H,17,21). The summed E-state index contributed by atoms with van der Waals surface area (Å²) in [5.74, 6) is -0.235. The molecular formula is C14H20N6O3. The van der Waals surface area contributed by atoms with Crippen molar-refractivity contribution in [2.45, 2.75) is 39.3 Å². The topological polar surface area (TPSA) is 108 Å². The fraction of sp³-hybridized carbons (Fsp3) is 0.500. The summed E-state index contributed by atoms with van der Waals surface area (Å²) >= 11 is 0. The summed E-state index contributed by atoms with van der Waals surface area (Å²) in [6.07, 6.45) is 4.61. The summed E-state index contributed by atoms with van der Waals surface area (Å²) in [6, 6.07) is -0.807. The highest BCUT2D eigenvalue weighted by Crippen LogP contribution is 2.20. The number of carbonyl (C=O) groups excluding carboxylic acids is 1. The molecule has 0 radical (unpaired) electrons. The maximum atomic E-state index is 12.5. The third kappa shape index (κ3) is 3.38. The van der Waals surface area contributed by atoms with Crippen molar-refractivity contribution in [1.82, 2.24) is 24.9 Å². The molecule has 9 nitrogen and oxygen atoms in total. The maximum absolute atomic E-state index is 12.5. The zero-order chi connectivity index (χ0) is 17.1. The number of carbonyl (C=O) groups is 1. The summed E-state index contributed by atoms with van der Waals surface area (Å²) in [6.45, 7) is 5.64. The van der Waals surface area contributed by atoms with Gasteiger partial charge in [0.05, 0.1) is 17.2 Å². The van der Waals surface area contributed by atoms with E-state index in [9.17, 15) is 14.9 Å². The summed E-state index contributed by atoms with van der Waals surface area (Å²) in [5, 5.41) is 21.7. The molecule has 0 aromatic carbocycles. The lowest BCUT2D eigenvalue weighted by atomic mass is 10.1. The molecule has 0 aliphatic heterocycles. The normalized spacial score (nSPS) is 13.6. The molecule has 0 fully saturated rings. The fourth-order valence-electron chi connectivity index (χ4n) is 2.41. The van der Waals surface area contributed by atoms with Gasteiger partial charge < -0.3 is 5.32 Å². The first-order chi connectivity index (χ1) is 10.8. The van der Waals surface area contributed by atoms with Gasteiger partial charge in [-0.1, -0.05) is 6.92 Å². The molecule has 23 heavy (non-hydrogen) atoms. The number of nitro groups is 1. The minimum absolute atomic E-state index is 0.132. The molecule has 9 heteroatoms. The first-order valence-electron chi connectivity index (χ1n) is 7.32. The number of aromatic nitrogens is 4. The second-order valence-electron chi connectivity index (χ2n) is 5.40. The van der Waals surface area contributed by atoms with E-state index in [1.54, 1.807) is 10.9 Å². The number of aryl methyl sites for hydroxylation is 1. The molecule has 1 amide bonds. The van der Waals surface area contributed by atoms with E-state index < -0.39 is 11.0 Å². The van der Waals surface area contributed by atoms with Crippen molar-refractivity contribution in [2.24, 2.45) is 7.05 Å². The van der Waals surface area contributed by atoms with E-state index in [-0.39, 0.29) is 17.6 Å². The van der Waals surface area contributed by atoms with Crippen LogP contribution in [0.1, 0.15) is 43.6 Å². The van der Waals surface area contributed by atoms with Crippen LogP contribution in [0.15, 0.2) is 18.6 Å². The van der Waals surface area contributed by atoms with Gasteiger partial charge in [0.1, 0.15) is 18.4 Å². The highest BCUT2D eigenvalue weighted by atomic mass is 16.6. The quantitative estimate of drug-likeness (QED) is 0.643. The molecule has 124 valence electrons. The molecule has 0 saturated carbocycles. The Morgan fingerprint density at radius 2 is 2.13 bits per heavy atom. The van der Waals surface area contributed by atoms with E-state index in [0.717, 1.165) is 17.5 Å². The van der Waals surface area contributed by atoms with Crippen molar-refractivity contribution in [3.63, 3.8) is 0 Å². The molecule has 0 spiro atoms. The lowest BCUT2D eigenvalue weighted by Gasteiger charge is -2.19. The third-order valence-corrected chi connectivity index (χ3v) is 3.91. The van der Waals surface area contributed by atoms with E-state index in [2.05, 4.69) is 15.5 Å². The van der Waals surface area contributed by atoms with Gasteiger partial charge >= 0.3 is 5.69 Å². The molecule has 2 atom stereocenters. The van der Waals surface area contributed by atoms with Crippen molar-refractivity contribution in [3.05, 3.63) is 40.0 Å². The largest absolute Gasteiger partial charge is 0.348 e. The smallest absolute Gasteiger partial charge is 0.307 e. The van der Waals surface area contributed by atoms with Crippen molar-refractivity contribution >= 4 is 11.6 Å². The van der Waals surface area contributed by atoms with Crippen LogP contribution in [0.2, 0.25) is 0 Å². The summed E-state index contributed by atoms with van der Waals surface area (Å²) < 4.78 is 3.07. The van der Waals surface area contributed by atoms with Gasteiger partial charge in [-0.05, 0) is 20.3 Å². The number of amides is 1. The molecule has 2 unspecified atom stereocenters. The molecule has 1 N–H and O–H groups in total. The van der Waals surface area contributed by atoms with Crippen molar-refractivity contribution in [3.8, 4) is 0 Å². The third-order valence-electron chi connectivity index (χ3n) is 3.91. The number of hydrogen-bond acceptors (Lipinski definition) is 5. The van der Waals surface area contributed by atoms with E-state index in [0.29, 0.717) is 6.42 Å². The predicted molar refractivity (Wildman–Crippen MR) is 82.7 cm³/mol. The van der Waals surface area contributed by atoms with Gasteiger partial charge in [-0.25, -0.2) is 0 Å². The van der Waals surface area contributed by atoms with Crippen LogP contribution in [0.3, 0.4) is 0 Å². The Morgan fingerprint density at radius 3 is 2.61 bits per heavy atom. The van der Waals surface area contributed by atoms with Crippen LogP contribution in [0.25, 0.3) is 0 Å². The van der Waals surface area contributed by atoms with E-state index in [1.807, 2.05) is 27.8 Å². The minimum Gasteiger partial charge on any atom is -0.348 e. The maximum Gasteiger partial charge on any atom is 0.307 e. The van der Waals surface area contributed by atoms with Crippen LogP contribution in [-0.4, -0.2) is 30.4 Å². The average Bonchev–Trinajstić information content (AvgIpc) is 3.08. The van der Waals surface area contributed by atoms with Gasteiger partial charge in [0, 0.05) is 18.3 Å². The molecule has 0 bridgehead atoms. The van der Waals surface area contributed by atoms with E-state index in [1.165, 1.54) is 10.9 Å². The number of nitrogens with zero attached hydrogens (tertiary/aromatic N) is 5. The summed E-state index contributed by atoms with van der Waals surface area (Å²) in [5.41, 5.74) is 1.77. The second-order valence-corrected chi connectivity index (χ2v) is 5.40. The lowest BCUT2D eigenvalue weighted by molar-refractivity contribution is -0.385. The Hall–Kier alpha value is -2.71. The SMILES string of the molecule is CCC(C(=O)NC(C)c1cnn(C)c1C)n1cc([N+](=O)[O-])cn1. The van der Waals surface area contributed by atoms with Gasteiger partial charge in [0.15, 0.2) is 0 Å². The van der Waals surface area contributed by atoms with Crippen molar-refractivity contribution in [1.29, 1.82) is 0 Å². The van der Waals surface area contributed by atoms with Crippen LogP contribution < -0.4 is 5.32 Å². The fourth-order valence-corrected chi connectivity index (χ4v) is 2.41. The summed E-state index contributed by atoms with van der Waals surface area (Å²) in [7, 11) is 1.84. The second kappa shape index (κ2) is 6.59. The molecule has 2 heterocycles. The number of rotatable bonds is 6. The predicted octanol–water partition coefficient (Wildman–Crippen LogP) is 1.66. The molecule has 0 aliphatic rings. The van der Waals surface area contributed by atoms with Gasteiger partial charge in [0.25, 0.3) is 0 Å².